The Bertz CT molecular complexity index is 864. The highest BCUT2D eigenvalue weighted by atomic mass is 16.6. The van der Waals surface area contributed by atoms with Gasteiger partial charge in [-0.2, -0.15) is 0 Å². The van der Waals surface area contributed by atoms with Crippen molar-refractivity contribution in [3.63, 3.8) is 0 Å². The Labute approximate surface area is 158 Å². The normalized spacial score (nSPS) is 20.5. The zero-order valence-corrected chi connectivity index (χ0v) is 15.4. The van der Waals surface area contributed by atoms with Crippen LogP contribution in [-0.4, -0.2) is 46.3 Å². The van der Waals surface area contributed by atoms with Gasteiger partial charge in [-0.05, 0) is 31.4 Å². The average Bonchev–Trinajstić information content (AvgIpc) is 3.53. The van der Waals surface area contributed by atoms with Gasteiger partial charge in [-0.1, -0.05) is 36.4 Å². The van der Waals surface area contributed by atoms with Gasteiger partial charge in [0.1, 0.15) is 0 Å². The van der Waals surface area contributed by atoms with Crippen molar-refractivity contribution in [2.45, 2.75) is 31.8 Å². The number of hydrogen-bond donors (Lipinski definition) is 0. The van der Waals surface area contributed by atoms with E-state index in [9.17, 15) is 14.9 Å². The summed E-state index contributed by atoms with van der Waals surface area (Å²) in [7, 11) is 0. The van der Waals surface area contributed by atoms with E-state index in [1.165, 1.54) is 18.9 Å². The maximum absolute atomic E-state index is 13.2. The van der Waals surface area contributed by atoms with Crippen LogP contribution in [0, 0.1) is 17.0 Å². The molecule has 0 N–H and O–H groups in total. The average molecular weight is 365 g/mol. The minimum absolute atomic E-state index is 0.00581. The number of carbonyl (C=O) groups is 1. The van der Waals surface area contributed by atoms with Crippen LogP contribution in [0.4, 0.5) is 5.69 Å². The third-order valence-electron chi connectivity index (χ3n) is 5.57. The number of carbonyl (C=O) groups excluding carboxylic acids is 1. The van der Waals surface area contributed by atoms with Gasteiger partial charge < -0.3 is 4.90 Å². The monoisotopic (exact) mass is 365 g/mol. The van der Waals surface area contributed by atoms with Crippen molar-refractivity contribution in [1.82, 2.24) is 9.80 Å². The van der Waals surface area contributed by atoms with Gasteiger partial charge in [-0.15, -0.1) is 0 Å². The molecule has 1 unspecified atom stereocenters. The van der Waals surface area contributed by atoms with Crippen LogP contribution in [0.15, 0.2) is 48.5 Å². The largest absolute Gasteiger partial charge is 0.329 e. The number of amides is 1. The van der Waals surface area contributed by atoms with Crippen molar-refractivity contribution < 1.29 is 9.72 Å². The number of piperazine rings is 1. The van der Waals surface area contributed by atoms with Gasteiger partial charge in [0.05, 0.1) is 11.0 Å². The molecule has 0 spiro atoms. The summed E-state index contributed by atoms with van der Waals surface area (Å²) in [6.45, 7) is 3.99. The molecule has 1 heterocycles. The first-order valence-electron chi connectivity index (χ1n) is 9.39. The first kappa shape index (κ1) is 17.7. The van der Waals surface area contributed by atoms with E-state index in [1.54, 1.807) is 19.1 Å². The molecule has 1 aliphatic carbocycles. The predicted molar refractivity (Wildman–Crippen MR) is 103 cm³/mol. The number of benzene rings is 2. The van der Waals surface area contributed by atoms with Gasteiger partial charge >= 0.3 is 0 Å². The third kappa shape index (κ3) is 3.57. The van der Waals surface area contributed by atoms with E-state index in [0.717, 1.165) is 18.7 Å². The summed E-state index contributed by atoms with van der Waals surface area (Å²) in [5.41, 5.74) is 2.05. The Morgan fingerprint density at radius 3 is 2.52 bits per heavy atom. The van der Waals surface area contributed by atoms with Crippen LogP contribution in [0.3, 0.4) is 0 Å². The van der Waals surface area contributed by atoms with E-state index in [-0.39, 0.29) is 17.6 Å². The van der Waals surface area contributed by atoms with E-state index < -0.39 is 4.92 Å². The molecule has 0 aromatic heterocycles. The fourth-order valence-corrected chi connectivity index (χ4v) is 3.88. The minimum Gasteiger partial charge on any atom is -0.329 e. The lowest BCUT2D eigenvalue weighted by Crippen LogP contribution is -2.51. The quantitative estimate of drug-likeness (QED) is 0.614. The predicted octanol–water partition coefficient (Wildman–Crippen LogP) is 3.56. The molecule has 1 saturated heterocycles. The molecule has 2 aromatic carbocycles. The summed E-state index contributed by atoms with van der Waals surface area (Å²) in [5.74, 6) is -0.137. The molecule has 4 rings (SSSR count). The number of nitrogens with zero attached hydrogens (tertiary/aromatic N) is 3. The molecule has 1 amide bonds. The number of rotatable bonds is 4. The highest BCUT2D eigenvalue weighted by Gasteiger charge is 2.38. The zero-order valence-electron chi connectivity index (χ0n) is 15.4. The molecule has 0 bridgehead atoms. The fraction of sp³-hybridized carbons (Fsp3) is 0.381. The highest BCUT2D eigenvalue weighted by molar-refractivity contribution is 5.95. The second-order valence-electron chi connectivity index (χ2n) is 7.41. The van der Waals surface area contributed by atoms with Crippen molar-refractivity contribution in [3.8, 4) is 0 Å². The van der Waals surface area contributed by atoms with Gasteiger partial charge in [0, 0.05) is 42.9 Å². The van der Waals surface area contributed by atoms with Crippen LogP contribution in [0.2, 0.25) is 0 Å². The lowest BCUT2D eigenvalue weighted by molar-refractivity contribution is -0.385. The standard InChI is InChI=1S/C21H23N3O3/c1-15-7-8-17(13-19(15)24(26)27)21(25)23-12-11-22(18-9-10-18)14-20(23)16-5-3-2-4-6-16/h2-8,13,18,20H,9-12,14H2,1H3. The molecule has 2 aromatic rings. The molecular formula is C21H23N3O3. The summed E-state index contributed by atoms with van der Waals surface area (Å²) < 4.78 is 0. The molecule has 6 heteroatoms. The minimum atomic E-state index is -0.425. The summed E-state index contributed by atoms with van der Waals surface area (Å²) in [6, 6.07) is 15.4. The summed E-state index contributed by atoms with van der Waals surface area (Å²) in [4.78, 5) is 28.4. The first-order chi connectivity index (χ1) is 13.0. The van der Waals surface area contributed by atoms with E-state index in [0.29, 0.717) is 23.7 Å². The van der Waals surface area contributed by atoms with E-state index >= 15 is 0 Å². The van der Waals surface area contributed by atoms with Gasteiger partial charge in [-0.3, -0.25) is 19.8 Å². The molecule has 140 valence electrons. The molecule has 0 radical (unpaired) electrons. The first-order valence-corrected chi connectivity index (χ1v) is 9.39. The molecule has 1 saturated carbocycles. The number of aryl methyl sites for hydroxylation is 1. The molecule has 2 fully saturated rings. The Kier molecular flexibility index (Phi) is 4.66. The maximum Gasteiger partial charge on any atom is 0.273 e. The molecule has 1 atom stereocenters. The van der Waals surface area contributed by atoms with E-state index in [4.69, 9.17) is 0 Å². The summed E-state index contributed by atoms with van der Waals surface area (Å²) in [6.07, 6.45) is 2.47. The Hall–Kier alpha value is -2.73. The van der Waals surface area contributed by atoms with Crippen LogP contribution in [-0.2, 0) is 0 Å². The van der Waals surface area contributed by atoms with Gasteiger partial charge in [0.2, 0.25) is 0 Å². The van der Waals surface area contributed by atoms with Crippen LogP contribution >= 0.6 is 0 Å². The van der Waals surface area contributed by atoms with Gasteiger partial charge in [-0.25, -0.2) is 0 Å². The van der Waals surface area contributed by atoms with E-state index in [1.807, 2.05) is 23.1 Å². The van der Waals surface area contributed by atoms with Crippen molar-refractivity contribution in [2.24, 2.45) is 0 Å². The molecule has 2 aliphatic rings. The van der Waals surface area contributed by atoms with Crippen LogP contribution in [0.1, 0.15) is 40.4 Å². The second-order valence-corrected chi connectivity index (χ2v) is 7.41. The lowest BCUT2D eigenvalue weighted by Gasteiger charge is -2.42. The Balaban J connectivity index is 1.64. The van der Waals surface area contributed by atoms with Crippen molar-refractivity contribution >= 4 is 11.6 Å². The topological polar surface area (TPSA) is 66.7 Å². The third-order valence-corrected chi connectivity index (χ3v) is 5.57. The van der Waals surface area contributed by atoms with Crippen molar-refractivity contribution in [2.75, 3.05) is 19.6 Å². The van der Waals surface area contributed by atoms with Gasteiger partial charge in [0.25, 0.3) is 11.6 Å². The van der Waals surface area contributed by atoms with Crippen molar-refractivity contribution in [1.29, 1.82) is 0 Å². The Morgan fingerprint density at radius 1 is 1.11 bits per heavy atom. The summed E-state index contributed by atoms with van der Waals surface area (Å²) >= 11 is 0. The van der Waals surface area contributed by atoms with Crippen LogP contribution in [0.5, 0.6) is 0 Å². The summed E-state index contributed by atoms with van der Waals surface area (Å²) in [5, 5.41) is 11.3. The second kappa shape index (κ2) is 7.12. The van der Waals surface area contributed by atoms with E-state index in [2.05, 4.69) is 17.0 Å². The number of hydrogen-bond acceptors (Lipinski definition) is 4. The maximum atomic E-state index is 13.2. The smallest absolute Gasteiger partial charge is 0.273 e. The SMILES string of the molecule is Cc1ccc(C(=O)N2CCN(C3CC3)CC2c2ccccc2)cc1[N+](=O)[O-]. The molecule has 27 heavy (non-hydrogen) atoms. The highest BCUT2D eigenvalue weighted by Crippen LogP contribution is 2.34. The molecule has 6 nitrogen and oxygen atoms in total. The fourth-order valence-electron chi connectivity index (χ4n) is 3.88. The van der Waals surface area contributed by atoms with Gasteiger partial charge in [0.15, 0.2) is 0 Å². The van der Waals surface area contributed by atoms with Crippen LogP contribution < -0.4 is 0 Å². The zero-order chi connectivity index (χ0) is 19.0. The Morgan fingerprint density at radius 2 is 1.85 bits per heavy atom. The molecule has 1 aliphatic heterocycles. The van der Waals surface area contributed by atoms with Crippen LogP contribution in [0.25, 0.3) is 0 Å². The van der Waals surface area contributed by atoms with Crippen molar-refractivity contribution in [3.05, 3.63) is 75.3 Å². The number of nitro groups is 1. The number of nitro benzene ring substituents is 1. The lowest BCUT2D eigenvalue weighted by atomic mass is 10.00. The molecular weight excluding hydrogens is 342 g/mol.